The van der Waals surface area contributed by atoms with Gasteiger partial charge in [-0.1, -0.05) is 0 Å². The third-order valence-corrected chi connectivity index (χ3v) is 7.11. The second-order valence-electron chi connectivity index (χ2n) is 7.82. The summed E-state index contributed by atoms with van der Waals surface area (Å²) in [5, 5.41) is 0. The number of benzene rings is 1. The van der Waals surface area contributed by atoms with Gasteiger partial charge in [0.25, 0.3) is 0 Å². The molecule has 0 atom stereocenters. The van der Waals surface area contributed by atoms with Gasteiger partial charge in [0.15, 0.2) is 0 Å². The van der Waals surface area contributed by atoms with Crippen molar-refractivity contribution < 1.29 is 13.2 Å². The Kier molecular flexibility index (Phi) is 5.03. The first kappa shape index (κ1) is 18.6. The topological polar surface area (TPSA) is 60.3 Å². The molecular weight excluding hydrogens is 360 g/mol. The van der Waals surface area contributed by atoms with Crippen molar-refractivity contribution in [2.24, 2.45) is 0 Å². The Bertz CT molecular complexity index is 906. The average Bonchev–Trinajstić information content (AvgIpc) is 3.25. The van der Waals surface area contributed by atoms with E-state index in [9.17, 15) is 8.42 Å². The number of aryl methyl sites for hydroxylation is 1. The monoisotopic (exact) mass is 388 g/mol. The van der Waals surface area contributed by atoms with E-state index in [1.165, 1.54) is 31.4 Å². The molecule has 5 nitrogen and oxygen atoms in total. The zero-order valence-electron chi connectivity index (χ0n) is 16.1. The van der Waals surface area contributed by atoms with E-state index in [0.29, 0.717) is 12.6 Å². The van der Waals surface area contributed by atoms with E-state index in [4.69, 9.17) is 4.74 Å². The van der Waals surface area contributed by atoms with Crippen LogP contribution in [-0.4, -0.2) is 19.1 Å². The molecule has 0 saturated heterocycles. The first-order valence-corrected chi connectivity index (χ1v) is 11.4. The van der Waals surface area contributed by atoms with Gasteiger partial charge in [-0.15, -0.1) is 0 Å². The predicted octanol–water partition coefficient (Wildman–Crippen LogP) is 4.24. The number of nitrogens with one attached hydrogen (secondary N) is 1. The lowest BCUT2D eigenvalue weighted by Gasteiger charge is -2.13. The molecule has 4 rings (SSSR count). The molecular formula is C21H28N2O3S. The van der Waals surface area contributed by atoms with Gasteiger partial charge in [0.2, 0.25) is 10.0 Å². The maximum Gasteiger partial charge on any atom is 0.240 e. The standard InChI is InChI=1S/C21H28N2O3S/c1-15-13-17(16(2)23(15)18-7-8-18)14-22-27(24,25)21-11-9-20(10-12-21)26-19-5-3-4-6-19/h9-13,18-19,22H,3-8,14H2,1-2H3. The van der Waals surface area contributed by atoms with Crippen molar-refractivity contribution >= 4 is 10.0 Å². The first-order valence-electron chi connectivity index (χ1n) is 9.88. The molecule has 2 saturated carbocycles. The highest BCUT2D eigenvalue weighted by Crippen LogP contribution is 2.38. The van der Waals surface area contributed by atoms with Crippen molar-refractivity contribution in [1.82, 2.24) is 9.29 Å². The Morgan fingerprint density at radius 1 is 1.07 bits per heavy atom. The summed E-state index contributed by atoms with van der Waals surface area (Å²) in [4.78, 5) is 0.275. The third kappa shape index (κ3) is 4.06. The zero-order valence-corrected chi connectivity index (χ0v) is 16.9. The number of aromatic nitrogens is 1. The molecule has 2 fully saturated rings. The van der Waals surface area contributed by atoms with Crippen molar-refractivity contribution in [2.75, 3.05) is 0 Å². The molecule has 0 spiro atoms. The van der Waals surface area contributed by atoms with Crippen LogP contribution in [0.4, 0.5) is 0 Å². The van der Waals surface area contributed by atoms with Crippen molar-refractivity contribution in [3.63, 3.8) is 0 Å². The van der Waals surface area contributed by atoms with Crippen LogP contribution in [0.3, 0.4) is 0 Å². The summed E-state index contributed by atoms with van der Waals surface area (Å²) in [6.07, 6.45) is 7.30. The average molecular weight is 389 g/mol. The molecule has 1 aromatic carbocycles. The van der Waals surface area contributed by atoms with E-state index in [1.807, 2.05) is 0 Å². The maximum atomic E-state index is 12.7. The van der Waals surface area contributed by atoms with Crippen molar-refractivity contribution in [3.05, 3.63) is 47.3 Å². The van der Waals surface area contributed by atoms with E-state index in [-0.39, 0.29) is 11.0 Å². The van der Waals surface area contributed by atoms with E-state index < -0.39 is 10.0 Å². The minimum absolute atomic E-state index is 0.271. The fourth-order valence-electron chi connectivity index (χ4n) is 4.07. The lowest BCUT2D eigenvalue weighted by Crippen LogP contribution is -2.23. The SMILES string of the molecule is Cc1cc(CNS(=O)(=O)c2ccc(OC3CCCC3)cc2)c(C)n1C1CC1. The molecule has 1 heterocycles. The van der Waals surface area contributed by atoms with Crippen LogP contribution in [0.5, 0.6) is 5.75 Å². The number of ether oxygens (including phenoxy) is 1. The molecule has 2 aliphatic rings. The highest BCUT2D eigenvalue weighted by molar-refractivity contribution is 7.89. The molecule has 0 radical (unpaired) electrons. The molecule has 0 aliphatic heterocycles. The van der Waals surface area contributed by atoms with Crippen LogP contribution < -0.4 is 9.46 Å². The molecule has 0 amide bonds. The van der Waals surface area contributed by atoms with Gasteiger partial charge in [-0.05, 0) is 88.3 Å². The normalized spacial score (nSPS) is 18.1. The smallest absolute Gasteiger partial charge is 0.240 e. The zero-order chi connectivity index (χ0) is 19.0. The Hall–Kier alpha value is -1.79. The highest BCUT2D eigenvalue weighted by atomic mass is 32.2. The predicted molar refractivity (Wildman–Crippen MR) is 106 cm³/mol. The van der Waals surface area contributed by atoms with Crippen molar-refractivity contribution in [1.29, 1.82) is 0 Å². The Morgan fingerprint density at radius 2 is 1.74 bits per heavy atom. The van der Waals surface area contributed by atoms with Gasteiger partial charge in [0, 0.05) is 24.0 Å². The Morgan fingerprint density at radius 3 is 2.37 bits per heavy atom. The van der Waals surface area contributed by atoms with Gasteiger partial charge >= 0.3 is 0 Å². The molecule has 2 aromatic rings. The van der Waals surface area contributed by atoms with E-state index in [0.717, 1.165) is 29.8 Å². The highest BCUT2D eigenvalue weighted by Gasteiger charge is 2.27. The molecule has 1 N–H and O–H groups in total. The quantitative estimate of drug-likeness (QED) is 0.772. The van der Waals surface area contributed by atoms with E-state index in [1.54, 1.807) is 24.3 Å². The van der Waals surface area contributed by atoms with Gasteiger partial charge in [0.05, 0.1) is 11.0 Å². The lowest BCUT2D eigenvalue weighted by molar-refractivity contribution is 0.210. The van der Waals surface area contributed by atoms with Gasteiger partial charge in [0.1, 0.15) is 5.75 Å². The van der Waals surface area contributed by atoms with Gasteiger partial charge in [-0.3, -0.25) is 0 Å². The summed E-state index contributed by atoms with van der Waals surface area (Å²) in [6.45, 7) is 4.48. The minimum Gasteiger partial charge on any atom is -0.490 e. The second kappa shape index (κ2) is 7.32. The van der Waals surface area contributed by atoms with Crippen molar-refractivity contribution in [3.8, 4) is 5.75 Å². The van der Waals surface area contributed by atoms with Crippen LogP contribution >= 0.6 is 0 Å². The summed E-state index contributed by atoms with van der Waals surface area (Å²) in [6, 6.07) is 9.45. The number of rotatable bonds is 7. The molecule has 0 bridgehead atoms. The molecule has 0 unspecified atom stereocenters. The summed E-state index contributed by atoms with van der Waals surface area (Å²) < 4.78 is 36.3. The van der Waals surface area contributed by atoms with E-state index in [2.05, 4.69) is 29.2 Å². The molecule has 27 heavy (non-hydrogen) atoms. The van der Waals surface area contributed by atoms with Crippen LogP contribution in [0.2, 0.25) is 0 Å². The van der Waals surface area contributed by atoms with Crippen LogP contribution in [0.1, 0.15) is 61.5 Å². The van der Waals surface area contributed by atoms with E-state index >= 15 is 0 Å². The second-order valence-corrected chi connectivity index (χ2v) is 9.58. The fraction of sp³-hybridized carbons (Fsp3) is 0.524. The molecule has 2 aliphatic carbocycles. The van der Waals surface area contributed by atoms with Gasteiger partial charge in [-0.25, -0.2) is 13.1 Å². The van der Waals surface area contributed by atoms with Crippen LogP contribution in [-0.2, 0) is 16.6 Å². The van der Waals surface area contributed by atoms with Crippen LogP contribution in [0.25, 0.3) is 0 Å². The molecule has 146 valence electrons. The summed E-state index contributed by atoms with van der Waals surface area (Å²) in [5.74, 6) is 0.744. The lowest BCUT2D eigenvalue weighted by atomic mass is 10.2. The fourth-order valence-corrected chi connectivity index (χ4v) is 5.08. The van der Waals surface area contributed by atoms with Crippen molar-refractivity contribution in [2.45, 2.75) is 76.0 Å². The third-order valence-electron chi connectivity index (χ3n) is 5.69. The number of hydrogen-bond acceptors (Lipinski definition) is 3. The van der Waals surface area contributed by atoms with Gasteiger partial charge < -0.3 is 9.30 Å². The minimum atomic E-state index is -3.54. The van der Waals surface area contributed by atoms with Crippen LogP contribution in [0.15, 0.2) is 35.2 Å². The Balaban J connectivity index is 1.41. The summed E-state index contributed by atoms with van der Waals surface area (Å²) >= 11 is 0. The molecule has 1 aromatic heterocycles. The van der Waals surface area contributed by atoms with Crippen LogP contribution in [0, 0.1) is 13.8 Å². The maximum absolute atomic E-state index is 12.7. The van der Waals surface area contributed by atoms with Gasteiger partial charge in [-0.2, -0.15) is 0 Å². The first-order chi connectivity index (χ1) is 12.9. The number of nitrogens with zero attached hydrogens (tertiary/aromatic N) is 1. The largest absolute Gasteiger partial charge is 0.490 e. The molecule has 6 heteroatoms. The summed E-state index contributed by atoms with van der Waals surface area (Å²) in [7, 11) is -3.54. The number of sulfonamides is 1. The number of hydrogen-bond donors (Lipinski definition) is 1. The summed E-state index contributed by atoms with van der Waals surface area (Å²) in [5.41, 5.74) is 3.42. The Labute approximate surface area is 161 Å².